The molecule has 2 aliphatic heterocycles. The molecule has 6 rings (SSSR count). The molecular formula is C34H38ClN3O4. The van der Waals surface area contributed by atoms with Crippen molar-refractivity contribution < 1.29 is 14.2 Å². The van der Waals surface area contributed by atoms with Crippen molar-refractivity contribution in [2.24, 2.45) is 13.0 Å². The van der Waals surface area contributed by atoms with Gasteiger partial charge in [0.1, 0.15) is 0 Å². The number of ether oxygens (including phenoxy) is 3. The van der Waals surface area contributed by atoms with Crippen molar-refractivity contribution in [3.05, 3.63) is 93.3 Å². The second kappa shape index (κ2) is 12.6. The van der Waals surface area contributed by atoms with Crippen LogP contribution in [-0.4, -0.2) is 47.3 Å². The van der Waals surface area contributed by atoms with Crippen molar-refractivity contribution in [1.82, 2.24) is 14.5 Å². The Bertz CT molecular complexity index is 1570. The van der Waals surface area contributed by atoms with Crippen LogP contribution in [0.1, 0.15) is 55.3 Å². The van der Waals surface area contributed by atoms with Crippen LogP contribution in [0.2, 0.25) is 5.28 Å². The van der Waals surface area contributed by atoms with Crippen molar-refractivity contribution in [2.45, 2.75) is 57.2 Å². The number of aryl methyl sites for hydroxylation is 2. The van der Waals surface area contributed by atoms with Crippen molar-refractivity contribution in [3.8, 4) is 11.1 Å². The van der Waals surface area contributed by atoms with E-state index in [1.54, 1.807) is 11.6 Å². The summed E-state index contributed by atoms with van der Waals surface area (Å²) in [5.41, 5.74) is 4.79. The van der Waals surface area contributed by atoms with Gasteiger partial charge < -0.3 is 18.8 Å². The number of hydrogen-bond donors (Lipinski definition) is 0. The van der Waals surface area contributed by atoms with Gasteiger partial charge in [0, 0.05) is 44.0 Å². The molecule has 0 bridgehead atoms. The monoisotopic (exact) mass is 587 g/mol. The molecule has 220 valence electrons. The van der Waals surface area contributed by atoms with Gasteiger partial charge in [0.15, 0.2) is 6.29 Å². The van der Waals surface area contributed by atoms with Crippen molar-refractivity contribution >= 4 is 22.5 Å². The molecule has 0 N–H and O–H groups in total. The number of fused-ring (bicyclic) bond motifs is 1. The van der Waals surface area contributed by atoms with Crippen LogP contribution < -0.4 is 5.56 Å². The first-order valence-corrected chi connectivity index (χ1v) is 15.3. The maximum absolute atomic E-state index is 12.4. The fourth-order valence-corrected chi connectivity index (χ4v) is 6.70. The first kappa shape index (κ1) is 29.0. The van der Waals surface area contributed by atoms with Gasteiger partial charge >= 0.3 is 0 Å². The third kappa shape index (κ3) is 6.02. The molecular weight excluding hydrogens is 550 g/mol. The molecule has 8 heteroatoms. The minimum atomic E-state index is -0.604. The number of rotatable bonds is 8. The highest BCUT2D eigenvalue weighted by atomic mass is 35.5. The van der Waals surface area contributed by atoms with Gasteiger partial charge in [-0.2, -0.15) is 0 Å². The Balaban J connectivity index is 1.55. The molecule has 4 heterocycles. The van der Waals surface area contributed by atoms with Crippen molar-refractivity contribution in [1.29, 1.82) is 0 Å². The highest BCUT2D eigenvalue weighted by molar-refractivity contribution is 6.28. The lowest BCUT2D eigenvalue weighted by Gasteiger charge is -2.39. The average molecular weight is 588 g/mol. The number of aromatic nitrogens is 3. The molecule has 2 saturated heterocycles. The van der Waals surface area contributed by atoms with E-state index in [1.807, 2.05) is 37.4 Å². The second-order valence-corrected chi connectivity index (χ2v) is 12.1. The Morgan fingerprint density at radius 2 is 1.81 bits per heavy atom. The van der Waals surface area contributed by atoms with Crippen LogP contribution >= 0.6 is 11.6 Å². The molecule has 0 amide bonds. The summed E-state index contributed by atoms with van der Waals surface area (Å²) < 4.78 is 20.0. The molecule has 2 aromatic heterocycles. The molecule has 0 radical (unpaired) electrons. The molecule has 4 aromatic rings. The van der Waals surface area contributed by atoms with E-state index in [9.17, 15) is 4.79 Å². The van der Waals surface area contributed by atoms with E-state index in [0.717, 1.165) is 85.0 Å². The molecule has 2 aromatic carbocycles. The molecule has 0 spiro atoms. The highest BCUT2D eigenvalue weighted by Gasteiger charge is 2.41. The Morgan fingerprint density at radius 1 is 1.00 bits per heavy atom. The summed E-state index contributed by atoms with van der Waals surface area (Å²) >= 11 is 6.68. The Morgan fingerprint density at radius 3 is 2.55 bits per heavy atom. The summed E-state index contributed by atoms with van der Waals surface area (Å²) in [6.07, 6.45) is 7.45. The molecule has 0 aliphatic carbocycles. The van der Waals surface area contributed by atoms with Crippen LogP contribution in [0.5, 0.6) is 0 Å². The van der Waals surface area contributed by atoms with E-state index in [0.29, 0.717) is 24.7 Å². The molecule has 2 unspecified atom stereocenters. The van der Waals surface area contributed by atoms with Crippen molar-refractivity contribution in [3.63, 3.8) is 0 Å². The lowest BCUT2D eigenvalue weighted by Crippen LogP contribution is -2.40. The van der Waals surface area contributed by atoms with Crippen LogP contribution in [0.15, 0.2) is 65.6 Å². The lowest BCUT2D eigenvalue weighted by atomic mass is 9.69. The van der Waals surface area contributed by atoms with Crippen molar-refractivity contribution in [2.75, 3.05) is 26.4 Å². The maximum Gasteiger partial charge on any atom is 0.253 e. The van der Waals surface area contributed by atoms with E-state index < -0.39 is 5.41 Å². The summed E-state index contributed by atoms with van der Waals surface area (Å²) in [7, 11) is 1.78. The molecule has 2 atom stereocenters. The van der Waals surface area contributed by atoms with E-state index in [1.165, 1.54) is 0 Å². The van der Waals surface area contributed by atoms with Gasteiger partial charge in [-0.15, -0.1) is 0 Å². The fourth-order valence-electron chi connectivity index (χ4n) is 6.52. The minimum absolute atomic E-state index is 0.00280. The SMILES string of the molecule is Cc1cc(-c2ccc3nc(Cl)nc(C(COC4CCCCO4)(CC4CCOCC4)c4ccccc4)c3c2)cn(C)c1=O. The summed E-state index contributed by atoms with van der Waals surface area (Å²) in [6.45, 7) is 4.48. The van der Waals surface area contributed by atoms with E-state index in [2.05, 4.69) is 35.3 Å². The summed E-state index contributed by atoms with van der Waals surface area (Å²) in [6, 6.07) is 18.7. The summed E-state index contributed by atoms with van der Waals surface area (Å²) in [4.78, 5) is 22.1. The Kier molecular flexibility index (Phi) is 8.72. The van der Waals surface area contributed by atoms with Crippen LogP contribution in [0, 0.1) is 12.8 Å². The third-order valence-electron chi connectivity index (χ3n) is 8.78. The molecule has 2 fully saturated rings. The van der Waals surface area contributed by atoms with Crippen LogP contribution in [-0.2, 0) is 26.7 Å². The Labute approximate surface area is 251 Å². The van der Waals surface area contributed by atoms with Gasteiger partial charge in [-0.1, -0.05) is 36.4 Å². The predicted octanol–water partition coefficient (Wildman–Crippen LogP) is 6.60. The molecule has 0 saturated carbocycles. The topological polar surface area (TPSA) is 75.5 Å². The second-order valence-electron chi connectivity index (χ2n) is 11.7. The smallest absolute Gasteiger partial charge is 0.253 e. The maximum atomic E-state index is 12.4. The number of hydrogen-bond acceptors (Lipinski definition) is 6. The van der Waals surface area contributed by atoms with Gasteiger partial charge in [-0.3, -0.25) is 4.79 Å². The number of benzene rings is 2. The average Bonchev–Trinajstić information content (AvgIpc) is 3.02. The van der Waals surface area contributed by atoms with E-state index in [4.69, 9.17) is 30.8 Å². The largest absolute Gasteiger partial charge is 0.381 e. The first-order chi connectivity index (χ1) is 20.4. The van der Waals surface area contributed by atoms with Gasteiger partial charge in [0.25, 0.3) is 5.56 Å². The minimum Gasteiger partial charge on any atom is -0.381 e. The quantitative estimate of drug-likeness (QED) is 0.216. The van der Waals surface area contributed by atoms with E-state index >= 15 is 0 Å². The zero-order valence-corrected chi connectivity index (χ0v) is 25.1. The highest BCUT2D eigenvalue weighted by Crippen LogP contribution is 2.44. The first-order valence-electron chi connectivity index (χ1n) is 14.9. The lowest BCUT2D eigenvalue weighted by molar-refractivity contribution is -0.171. The van der Waals surface area contributed by atoms with Gasteiger partial charge in [0.05, 0.1) is 23.2 Å². The summed E-state index contributed by atoms with van der Waals surface area (Å²) in [5, 5.41) is 1.14. The standard InChI is InChI=1S/C34H38ClN3O4/c1-23-18-26(21-38(2)32(23)39)25-11-12-29-28(19-25)31(37-33(35)36-29)34(27-8-4-3-5-9-27,20-24-13-16-40-17-14-24)22-42-30-10-6-7-15-41-30/h3-5,8-9,11-12,18-19,21,24,30H,6-7,10,13-17,20,22H2,1-2H3. The van der Waals surface area contributed by atoms with Crippen LogP contribution in [0.4, 0.5) is 0 Å². The summed E-state index contributed by atoms with van der Waals surface area (Å²) in [5.74, 6) is 0.424. The normalized spacial score (nSPS) is 19.5. The molecule has 2 aliphatic rings. The number of halogens is 1. The molecule has 42 heavy (non-hydrogen) atoms. The van der Waals surface area contributed by atoms with Crippen LogP contribution in [0.3, 0.4) is 0 Å². The zero-order valence-electron chi connectivity index (χ0n) is 24.4. The Hall–Kier alpha value is -3.10. The fraction of sp³-hybridized carbons (Fsp3) is 0.441. The van der Waals surface area contributed by atoms with Gasteiger partial charge in [-0.05, 0) is 97.9 Å². The van der Waals surface area contributed by atoms with Gasteiger partial charge in [-0.25, -0.2) is 9.97 Å². The molecule has 7 nitrogen and oxygen atoms in total. The third-order valence-corrected chi connectivity index (χ3v) is 8.94. The predicted molar refractivity (Wildman–Crippen MR) is 165 cm³/mol. The zero-order chi connectivity index (χ0) is 29.1. The van der Waals surface area contributed by atoms with Crippen LogP contribution in [0.25, 0.3) is 22.0 Å². The van der Waals surface area contributed by atoms with Gasteiger partial charge in [0.2, 0.25) is 5.28 Å². The number of pyridine rings is 1. The van der Waals surface area contributed by atoms with E-state index in [-0.39, 0.29) is 17.1 Å². The number of nitrogens with zero attached hydrogens (tertiary/aromatic N) is 3.